The summed E-state index contributed by atoms with van der Waals surface area (Å²) in [5, 5.41) is 0. The number of alkyl halides is 1. The van der Waals surface area contributed by atoms with Crippen LogP contribution in [-0.2, 0) is 4.79 Å². The maximum atomic E-state index is 11.2. The van der Waals surface area contributed by atoms with Crippen LogP contribution in [-0.4, -0.2) is 10.7 Å². The summed E-state index contributed by atoms with van der Waals surface area (Å²) in [6, 6.07) is 0. The smallest absolute Gasteiger partial charge is 0.153 e. The first-order valence-corrected chi connectivity index (χ1v) is 4.23. The van der Waals surface area contributed by atoms with Crippen LogP contribution in [0.4, 0.5) is 0 Å². The van der Waals surface area contributed by atoms with Crippen LogP contribution in [0.25, 0.3) is 0 Å². The fraction of sp³-hybridized carbons (Fsp3) is 0.875. The monoisotopic (exact) mass is 160 g/mol. The molecule has 1 atom stereocenters. The van der Waals surface area contributed by atoms with Crippen LogP contribution >= 0.6 is 11.6 Å². The highest BCUT2D eigenvalue weighted by molar-refractivity contribution is 6.34. The lowest BCUT2D eigenvalue weighted by Gasteiger charge is -2.16. The van der Waals surface area contributed by atoms with Crippen molar-refractivity contribution in [1.82, 2.24) is 0 Å². The van der Waals surface area contributed by atoms with Gasteiger partial charge in [0.15, 0.2) is 5.78 Å². The first kappa shape index (κ1) is 8.06. The Balaban J connectivity index is 2.61. The van der Waals surface area contributed by atoms with Gasteiger partial charge in [0.2, 0.25) is 0 Å². The highest BCUT2D eigenvalue weighted by Crippen LogP contribution is 2.29. The minimum absolute atomic E-state index is 0.228. The number of rotatable bonds is 0. The molecule has 0 saturated heterocycles. The molecule has 0 bridgehead atoms. The zero-order valence-corrected chi connectivity index (χ0v) is 7.08. The van der Waals surface area contributed by atoms with Crippen molar-refractivity contribution in [3.63, 3.8) is 0 Å². The molecule has 0 aromatic rings. The van der Waals surface area contributed by atoms with Crippen molar-refractivity contribution in [2.75, 3.05) is 0 Å². The number of ketones is 1. The average molecular weight is 161 g/mol. The Morgan fingerprint density at radius 2 is 2.10 bits per heavy atom. The maximum absolute atomic E-state index is 11.2. The third-order valence-corrected chi connectivity index (χ3v) is 2.53. The Hall–Kier alpha value is -0.0400. The van der Waals surface area contributed by atoms with E-state index in [1.165, 1.54) is 0 Å². The van der Waals surface area contributed by atoms with E-state index in [9.17, 15) is 4.79 Å². The lowest BCUT2D eigenvalue weighted by molar-refractivity contribution is -0.121. The molecule has 0 aromatic carbocycles. The summed E-state index contributed by atoms with van der Waals surface area (Å²) in [4.78, 5) is 10.7. The van der Waals surface area contributed by atoms with Crippen LogP contribution in [0.15, 0.2) is 0 Å². The van der Waals surface area contributed by atoms with Crippen molar-refractivity contribution in [2.45, 2.75) is 43.9 Å². The Kier molecular flexibility index (Phi) is 2.35. The summed E-state index contributed by atoms with van der Waals surface area (Å²) in [6.45, 7) is 1.84. The van der Waals surface area contributed by atoms with Gasteiger partial charge in [0.25, 0.3) is 0 Å². The van der Waals surface area contributed by atoms with Crippen molar-refractivity contribution in [2.24, 2.45) is 0 Å². The van der Waals surface area contributed by atoms with Gasteiger partial charge in [-0.1, -0.05) is 12.8 Å². The molecule has 0 N–H and O–H groups in total. The Morgan fingerprint density at radius 1 is 1.40 bits per heavy atom. The number of Topliss-reactive ketones (excluding diaryl/α,β-unsaturated/α-hetero) is 1. The highest BCUT2D eigenvalue weighted by Gasteiger charge is 2.30. The van der Waals surface area contributed by atoms with E-state index in [0.717, 1.165) is 25.7 Å². The summed E-state index contributed by atoms with van der Waals surface area (Å²) in [7, 11) is 0. The molecule has 0 spiro atoms. The topological polar surface area (TPSA) is 17.1 Å². The van der Waals surface area contributed by atoms with Gasteiger partial charge in [-0.15, -0.1) is 11.6 Å². The first-order valence-electron chi connectivity index (χ1n) is 3.85. The van der Waals surface area contributed by atoms with E-state index in [2.05, 4.69) is 0 Å². The van der Waals surface area contributed by atoms with Gasteiger partial charge in [-0.05, 0) is 19.8 Å². The average Bonchev–Trinajstić information content (AvgIpc) is 1.96. The van der Waals surface area contributed by atoms with Crippen LogP contribution in [0.5, 0.6) is 0 Å². The Labute approximate surface area is 66.8 Å². The van der Waals surface area contributed by atoms with Crippen LogP contribution in [0.2, 0.25) is 0 Å². The third kappa shape index (κ3) is 1.72. The van der Waals surface area contributed by atoms with E-state index >= 15 is 0 Å². The van der Waals surface area contributed by atoms with Gasteiger partial charge in [0.05, 0.1) is 4.87 Å². The second-order valence-electron chi connectivity index (χ2n) is 3.18. The molecular weight excluding hydrogens is 148 g/mol. The van der Waals surface area contributed by atoms with Crippen molar-refractivity contribution >= 4 is 17.4 Å². The zero-order valence-electron chi connectivity index (χ0n) is 6.32. The van der Waals surface area contributed by atoms with Gasteiger partial charge < -0.3 is 0 Å². The minimum Gasteiger partial charge on any atom is -0.298 e. The van der Waals surface area contributed by atoms with Crippen LogP contribution in [0.1, 0.15) is 39.0 Å². The number of carbonyl (C=O) groups excluding carboxylic acids is 1. The normalized spacial score (nSPS) is 35.6. The largest absolute Gasteiger partial charge is 0.298 e. The van der Waals surface area contributed by atoms with Gasteiger partial charge >= 0.3 is 0 Å². The summed E-state index contributed by atoms with van der Waals surface area (Å²) in [5.41, 5.74) is 0. The minimum atomic E-state index is -0.545. The lowest BCUT2D eigenvalue weighted by Crippen LogP contribution is -2.26. The molecule has 1 rings (SSSR count). The van der Waals surface area contributed by atoms with Gasteiger partial charge in [0.1, 0.15) is 0 Å². The molecule has 58 valence electrons. The molecule has 0 amide bonds. The van der Waals surface area contributed by atoms with E-state index in [1.807, 2.05) is 6.92 Å². The second kappa shape index (κ2) is 2.91. The lowest BCUT2D eigenvalue weighted by atomic mass is 10.0. The van der Waals surface area contributed by atoms with Crippen LogP contribution in [0, 0.1) is 0 Å². The molecule has 1 saturated carbocycles. The summed E-state index contributed by atoms with van der Waals surface area (Å²) >= 11 is 5.98. The fourth-order valence-electron chi connectivity index (χ4n) is 1.32. The van der Waals surface area contributed by atoms with Crippen molar-refractivity contribution in [1.29, 1.82) is 0 Å². The molecule has 0 aromatic heterocycles. The van der Waals surface area contributed by atoms with Gasteiger partial charge in [-0.3, -0.25) is 4.79 Å². The van der Waals surface area contributed by atoms with E-state index in [-0.39, 0.29) is 5.78 Å². The number of carbonyl (C=O) groups is 1. The summed E-state index contributed by atoms with van der Waals surface area (Å²) < 4.78 is 0. The van der Waals surface area contributed by atoms with E-state index in [4.69, 9.17) is 11.6 Å². The number of halogens is 1. The van der Waals surface area contributed by atoms with Crippen LogP contribution < -0.4 is 0 Å². The number of hydrogen-bond donors (Lipinski definition) is 0. The molecular formula is C8H13ClO. The molecule has 0 radical (unpaired) electrons. The van der Waals surface area contributed by atoms with Gasteiger partial charge in [-0.2, -0.15) is 0 Å². The van der Waals surface area contributed by atoms with Crippen molar-refractivity contribution in [3.05, 3.63) is 0 Å². The van der Waals surface area contributed by atoms with Crippen LogP contribution in [0.3, 0.4) is 0 Å². The highest BCUT2D eigenvalue weighted by atomic mass is 35.5. The molecule has 1 fully saturated rings. The molecule has 1 aliphatic carbocycles. The fourth-order valence-corrected chi connectivity index (χ4v) is 1.55. The predicted molar refractivity (Wildman–Crippen MR) is 42.4 cm³/mol. The van der Waals surface area contributed by atoms with Gasteiger partial charge in [0, 0.05) is 6.42 Å². The summed E-state index contributed by atoms with van der Waals surface area (Å²) in [6.07, 6.45) is 4.83. The second-order valence-corrected chi connectivity index (χ2v) is 4.02. The third-order valence-electron chi connectivity index (χ3n) is 2.13. The van der Waals surface area contributed by atoms with E-state index in [0.29, 0.717) is 6.42 Å². The Bertz CT molecular complexity index is 140. The predicted octanol–water partition coefficient (Wildman–Crippen LogP) is 2.52. The van der Waals surface area contributed by atoms with Gasteiger partial charge in [-0.25, -0.2) is 0 Å². The Morgan fingerprint density at radius 3 is 2.80 bits per heavy atom. The quantitative estimate of drug-likeness (QED) is 0.393. The molecule has 0 unspecified atom stereocenters. The zero-order chi connectivity index (χ0) is 7.61. The molecule has 10 heavy (non-hydrogen) atoms. The summed E-state index contributed by atoms with van der Waals surface area (Å²) in [5.74, 6) is 0.228. The SMILES string of the molecule is C[C@@]1(Cl)CCCCCC1=O. The van der Waals surface area contributed by atoms with Crippen molar-refractivity contribution < 1.29 is 4.79 Å². The molecule has 0 aliphatic heterocycles. The van der Waals surface area contributed by atoms with E-state index < -0.39 is 4.87 Å². The van der Waals surface area contributed by atoms with E-state index in [1.54, 1.807) is 0 Å². The molecule has 2 heteroatoms. The molecule has 1 nitrogen and oxygen atoms in total. The molecule has 1 aliphatic rings. The number of hydrogen-bond acceptors (Lipinski definition) is 1. The van der Waals surface area contributed by atoms with Crippen molar-refractivity contribution in [3.8, 4) is 0 Å². The standard InChI is InChI=1S/C8H13ClO/c1-8(9)6-4-2-3-5-7(8)10/h2-6H2,1H3/t8-/m1/s1. The first-order chi connectivity index (χ1) is 4.63. The maximum Gasteiger partial charge on any atom is 0.153 e. The molecule has 0 heterocycles.